The lowest BCUT2D eigenvalue weighted by molar-refractivity contribution is 0.00463. The Balaban J connectivity index is 1.62. The largest absolute Gasteiger partial charge is 0.385 e. The van der Waals surface area contributed by atoms with Gasteiger partial charge in [-0.15, -0.1) is 0 Å². The van der Waals surface area contributed by atoms with E-state index in [1.807, 2.05) is 0 Å². The minimum Gasteiger partial charge on any atom is -0.385 e. The van der Waals surface area contributed by atoms with E-state index in [0.29, 0.717) is 6.61 Å². The lowest BCUT2D eigenvalue weighted by Gasteiger charge is -2.32. The molecule has 2 aliphatic heterocycles. The number of amidine groups is 1. The van der Waals surface area contributed by atoms with Gasteiger partial charge in [-0.3, -0.25) is 10.3 Å². The van der Waals surface area contributed by atoms with Crippen LogP contribution in [-0.4, -0.2) is 67.6 Å². The van der Waals surface area contributed by atoms with Gasteiger partial charge in [0, 0.05) is 13.1 Å². The quantitative estimate of drug-likeness (QED) is 0.529. The highest BCUT2D eigenvalue weighted by molar-refractivity contribution is 5.82. The van der Waals surface area contributed by atoms with Gasteiger partial charge >= 0.3 is 0 Å². The molecule has 17 heavy (non-hydrogen) atoms. The fraction of sp³-hybridized carbons (Fsp3) is 0.917. The van der Waals surface area contributed by atoms with E-state index in [1.165, 1.54) is 38.9 Å². The molecule has 2 saturated heterocycles. The number of ether oxygens (including phenoxy) is 1. The molecule has 2 aliphatic rings. The zero-order chi connectivity index (χ0) is 12.1. The molecule has 0 amide bonds. The third-order valence-electron chi connectivity index (χ3n) is 3.64. The number of nitrogens with zero attached hydrogens (tertiary/aromatic N) is 2. The summed E-state index contributed by atoms with van der Waals surface area (Å²) in [5.41, 5.74) is 5.48. The number of hydrogen-bond donors (Lipinski definition) is 2. The molecule has 2 fully saturated rings. The molecule has 2 heterocycles. The summed E-state index contributed by atoms with van der Waals surface area (Å²) < 4.78 is 5.45. The Labute approximate surface area is 103 Å². The van der Waals surface area contributed by atoms with Crippen LogP contribution in [0.25, 0.3) is 0 Å². The number of nitrogens with two attached hydrogens (primary N) is 1. The highest BCUT2D eigenvalue weighted by Crippen LogP contribution is 2.09. The van der Waals surface area contributed by atoms with Crippen LogP contribution in [0.5, 0.6) is 0 Å². The van der Waals surface area contributed by atoms with Crippen LogP contribution in [0.3, 0.4) is 0 Å². The van der Waals surface area contributed by atoms with Gasteiger partial charge in [0.1, 0.15) is 11.9 Å². The van der Waals surface area contributed by atoms with Crippen molar-refractivity contribution in [1.82, 2.24) is 9.80 Å². The van der Waals surface area contributed by atoms with Gasteiger partial charge in [-0.25, -0.2) is 0 Å². The molecule has 0 aliphatic carbocycles. The minimum absolute atomic E-state index is 0.161. The van der Waals surface area contributed by atoms with E-state index >= 15 is 0 Å². The first-order valence-electron chi connectivity index (χ1n) is 6.66. The van der Waals surface area contributed by atoms with Crippen LogP contribution in [0.4, 0.5) is 0 Å². The molecule has 0 spiro atoms. The summed E-state index contributed by atoms with van der Waals surface area (Å²) in [5.74, 6) is 0.161. The summed E-state index contributed by atoms with van der Waals surface area (Å²) in [7, 11) is 0. The van der Waals surface area contributed by atoms with E-state index < -0.39 is 0 Å². The smallest absolute Gasteiger partial charge is 0.127 e. The lowest BCUT2D eigenvalue weighted by atomic mass is 10.2. The van der Waals surface area contributed by atoms with Crippen LogP contribution in [0.1, 0.15) is 19.3 Å². The van der Waals surface area contributed by atoms with E-state index in [4.69, 9.17) is 15.9 Å². The second-order valence-corrected chi connectivity index (χ2v) is 5.02. The lowest BCUT2D eigenvalue weighted by Crippen LogP contribution is -2.48. The van der Waals surface area contributed by atoms with Crippen LogP contribution in [0, 0.1) is 5.41 Å². The Morgan fingerprint density at radius 3 is 2.59 bits per heavy atom. The van der Waals surface area contributed by atoms with Gasteiger partial charge in [-0.2, -0.15) is 0 Å². The van der Waals surface area contributed by atoms with Gasteiger partial charge in [-0.05, 0) is 45.4 Å². The topological polar surface area (TPSA) is 65.6 Å². The Morgan fingerprint density at radius 2 is 1.88 bits per heavy atom. The zero-order valence-electron chi connectivity index (χ0n) is 10.5. The predicted molar refractivity (Wildman–Crippen MR) is 68.4 cm³/mol. The molecule has 0 aromatic rings. The molecule has 0 aromatic carbocycles. The van der Waals surface area contributed by atoms with E-state index in [0.717, 1.165) is 19.6 Å². The minimum atomic E-state index is -0.185. The van der Waals surface area contributed by atoms with Crippen LogP contribution in [-0.2, 0) is 4.74 Å². The monoisotopic (exact) mass is 240 g/mol. The average molecular weight is 240 g/mol. The molecule has 0 saturated carbocycles. The van der Waals surface area contributed by atoms with Crippen molar-refractivity contribution >= 4 is 5.84 Å². The Kier molecular flexibility index (Phi) is 4.76. The van der Waals surface area contributed by atoms with Crippen LogP contribution >= 0.6 is 0 Å². The van der Waals surface area contributed by atoms with Crippen molar-refractivity contribution in [2.24, 2.45) is 5.73 Å². The second kappa shape index (κ2) is 6.33. The summed E-state index contributed by atoms with van der Waals surface area (Å²) in [6, 6.07) is 0. The van der Waals surface area contributed by atoms with Crippen LogP contribution in [0.15, 0.2) is 0 Å². The number of likely N-dealkylation sites (tertiary alicyclic amines) is 1. The van der Waals surface area contributed by atoms with Gasteiger partial charge in [0.25, 0.3) is 0 Å². The maximum absolute atomic E-state index is 7.41. The van der Waals surface area contributed by atoms with E-state index in [9.17, 15) is 0 Å². The highest BCUT2D eigenvalue weighted by atomic mass is 16.5. The number of morpholine rings is 1. The molecule has 1 unspecified atom stereocenters. The molecule has 5 heteroatoms. The van der Waals surface area contributed by atoms with Crippen LogP contribution < -0.4 is 5.73 Å². The van der Waals surface area contributed by atoms with Crippen molar-refractivity contribution in [2.75, 3.05) is 45.9 Å². The van der Waals surface area contributed by atoms with Gasteiger partial charge in [-0.1, -0.05) is 0 Å². The third-order valence-corrected chi connectivity index (χ3v) is 3.64. The van der Waals surface area contributed by atoms with Gasteiger partial charge in [0.15, 0.2) is 0 Å². The summed E-state index contributed by atoms with van der Waals surface area (Å²) in [5, 5.41) is 7.41. The number of rotatable bonds is 5. The first-order valence-corrected chi connectivity index (χ1v) is 6.66. The van der Waals surface area contributed by atoms with E-state index in [-0.39, 0.29) is 11.9 Å². The molecule has 2 rings (SSSR count). The molecule has 0 radical (unpaired) electrons. The highest BCUT2D eigenvalue weighted by Gasteiger charge is 2.22. The fourth-order valence-electron chi connectivity index (χ4n) is 2.62. The molecule has 0 bridgehead atoms. The molecular formula is C12H24N4O. The van der Waals surface area contributed by atoms with E-state index in [1.54, 1.807) is 0 Å². The van der Waals surface area contributed by atoms with Gasteiger partial charge in [0.05, 0.1) is 6.61 Å². The van der Waals surface area contributed by atoms with Crippen LogP contribution in [0.2, 0.25) is 0 Å². The summed E-state index contributed by atoms with van der Waals surface area (Å²) in [6.45, 7) is 7.33. The molecule has 3 N–H and O–H groups in total. The number of hydrogen-bond acceptors (Lipinski definition) is 4. The first kappa shape index (κ1) is 12.8. The fourth-order valence-corrected chi connectivity index (χ4v) is 2.62. The molecule has 0 aromatic heterocycles. The molecular weight excluding hydrogens is 216 g/mol. The molecule has 1 atom stereocenters. The predicted octanol–water partition coefficient (Wildman–Crippen LogP) is 0.109. The van der Waals surface area contributed by atoms with Crippen molar-refractivity contribution in [3.63, 3.8) is 0 Å². The van der Waals surface area contributed by atoms with Gasteiger partial charge < -0.3 is 15.4 Å². The third kappa shape index (κ3) is 3.94. The van der Waals surface area contributed by atoms with Crippen molar-refractivity contribution in [2.45, 2.75) is 25.4 Å². The van der Waals surface area contributed by atoms with Gasteiger partial charge in [0.2, 0.25) is 0 Å². The maximum Gasteiger partial charge on any atom is 0.127 e. The Bertz CT molecular complexity index is 253. The standard InChI is InChI=1S/C12H24N4O/c13-12(14)11-10-16(8-9-17-11)7-3-6-15-4-1-2-5-15/h11H,1-10H2,(H3,13,14). The zero-order valence-corrected chi connectivity index (χ0v) is 10.5. The summed E-state index contributed by atoms with van der Waals surface area (Å²) in [4.78, 5) is 4.91. The summed E-state index contributed by atoms with van der Waals surface area (Å²) >= 11 is 0. The Hall–Kier alpha value is -0.650. The molecule has 98 valence electrons. The summed E-state index contributed by atoms with van der Waals surface area (Å²) in [6.07, 6.45) is 3.76. The van der Waals surface area contributed by atoms with Crippen molar-refractivity contribution < 1.29 is 4.74 Å². The SMILES string of the molecule is N=C(N)C1CN(CCCN2CCCC2)CCO1. The van der Waals surface area contributed by atoms with Crippen molar-refractivity contribution in [1.29, 1.82) is 5.41 Å². The first-order chi connectivity index (χ1) is 8.25. The average Bonchev–Trinajstić information content (AvgIpc) is 2.82. The normalized spacial score (nSPS) is 27.4. The molecule has 5 nitrogen and oxygen atoms in total. The van der Waals surface area contributed by atoms with Crippen molar-refractivity contribution in [3.8, 4) is 0 Å². The number of nitrogens with one attached hydrogen (secondary N) is 1. The maximum atomic E-state index is 7.41. The Morgan fingerprint density at radius 1 is 1.18 bits per heavy atom. The van der Waals surface area contributed by atoms with Crippen molar-refractivity contribution in [3.05, 3.63) is 0 Å². The second-order valence-electron chi connectivity index (χ2n) is 5.02. The van der Waals surface area contributed by atoms with E-state index in [2.05, 4.69) is 9.80 Å².